The fourth-order valence-corrected chi connectivity index (χ4v) is 5.08. The summed E-state index contributed by atoms with van der Waals surface area (Å²) in [4.78, 5) is 6.85. The molecule has 2 aromatic heterocycles. The molecule has 6 nitrogen and oxygen atoms in total. The van der Waals surface area contributed by atoms with Crippen molar-refractivity contribution in [1.82, 2.24) is 9.55 Å². The number of hydrogen-bond donors (Lipinski definition) is 0. The Bertz CT molecular complexity index is 1470. The predicted octanol–water partition coefficient (Wildman–Crippen LogP) is 5.50. The summed E-state index contributed by atoms with van der Waals surface area (Å²) < 4.78 is 70.0. The fourth-order valence-electron chi connectivity index (χ4n) is 4.42. The monoisotopic (exact) mass is 515 g/mol. The largest absolute Gasteiger partial charge is 0.489 e. The number of pyridine rings is 1. The van der Waals surface area contributed by atoms with Gasteiger partial charge in [0.25, 0.3) is 0 Å². The van der Waals surface area contributed by atoms with Crippen molar-refractivity contribution < 1.29 is 26.3 Å². The predicted molar refractivity (Wildman–Crippen MR) is 131 cm³/mol. The zero-order valence-electron chi connectivity index (χ0n) is 19.4. The van der Waals surface area contributed by atoms with E-state index in [1.807, 2.05) is 29.0 Å². The first kappa shape index (κ1) is 24.2. The first-order chi connectivity index (χ1) is 17.1. The first-order valence-electron chi connectivity index (χ1n) is 11.4. The summed E-state index contributed by atoms with van der Waals surface area (Å²) in [6.45, 7) is 1.37. The van der Waals surface area contributed by atoms with Crippen LogP contribution in [0.25, 0.3) is 16.7 Å². The Kier molecular flexibility index (Phi) is 6.15. The van der Waals surface area contributed by atoms with Crippen LogP contribution >= 0.6 is 0 Å². The Morgan fingerprint density at radius 2 is 1.69 bits per heavy atom. The van der Waals surface area contributed by atoms with Crippen molar-refractivity contribution in [3.63, 3.8) is 0 Å². The van der Waals surface area contributed by atoms with Crippen molar-refractivity contribution >= 4 is 26.4 Å². The molecule has 1 aliphatic rings. The first-order valence-corrected chi connectivity index (χ1v) is 13.3. The third-order valence-corrected chi connectivity index (χ3v) is 7.47. The van der Waals surface area contributed by atoms with Crippen LogP contribution in [0.5, 0.6) is 5.75 Å². The number of fused-ring (bicyclic) bond motifs is 1. The van der Waals surface area contributed by atoms with E-state index in [0.29, 0.717) is 24.7 Å². The average Bonchev–Trinajstić information content (AvgIpc) is 3.27. The Balaban J connectivity index is 1.21. The highest BCUT2D eigenvalue weighted by Gasteiger charge is 2.30. The highest BCUT2D eigenvalue weighted by atomic mass is 32.2. The van der Waals surface area contributed by atoms with Crippen LogP contribution in [0.1, 0.15) is 18.4 Å². The van der Waals surface area contributed by atoms with Crippen molar-refractivity contribution in [3.8, 4) is 11.6 Å². The molecule has 1 fully saturated rings. The summed E-state index contributed by atoms with van der Waals surface area (Å²) in [7, 11) is -3.28. The molecule has 188 valence electrons. The molecule has 3 heterocycles. The molecule has 1 aliphatic heterocycles. The van der Waals surface area contributed by atoms with E-state index in [2.05, 4.69) is 9.88 Å². The number of hydrogen-bond acceptors (Lipinski definition) is 5. The maximum Gasteiger partial charge on any atom is 0.416 e. The Morgan fingerprint density at radius 3 is 2.31 bits per heavy atom. The van der Waals surface area contributed by atoms with Gasteiger partial charge in [0.15, 0.2) is 9.84 Å². The molecule has 4 aromatic rings. The van der Waals surface area contributed by atoms with Crippen LogP contribution < -0.4 is 9.64 Å². The number of piperidine rings is 1. The second kappa shape index (κ2) is 9.16. The van der Waals surface area contributed by atoms with Gasteiger partial charge < -0.3 is 14.2 Å². The number of nitrogens with zero attached hydrogens (tertiary/aromatic N) is 3. The zero-order chi connectivity index (χ0) is 25.5. The van der Waals surface area contributed by atoms with E-state index in [4.69, 9.17) is 4.74 Å². The van der Waals surface area contributed by atoms with Crippen molar-refractivity contribution in [3.05, 3.63) is 78.6 Å². The van der Waals surface area contributed by atoms with Crippen LogP contribution in [-0.2, 0) is 16.0 Å². The van der Waals surface area contributed by atoms with Gasteiger partial charge in [0.1, 0.15) is 17.7 Å². The second-order valence-electron chi connectivity index (χ2n) is 8.88. The van der Waals surface area contributed by atoms with E-state index in [1.54, 1.807) is 24.4 Å². The number of rotatable bonds is 5. The minimum atomic E-state index is -4.33. The van der Waals surface area contributed by atoms with Crippen LogP contribution in [0.15, 0.2) is 78.0 Å². The molecule has 0 bridgehead atoms. The molecule has 2 aromatic carbocycles. The molecule has 0 saturated carbocycles. The average molecular weight is 516 g/mol. The van der Waals surface area contributed by atoms with E-state index in [0.717, 1.165) is 41.6 Å². The van der Waals surface area contributed by atoms with Crippen molar-refractivity contribution in [2.45, 2.75) is 30.0 Å². The molecule has 36 heavy (non-hydrogen) atoms. The summed E-state index contributed by atoms with van der Waals surface area (Å²) in [5.74, 6) is 1.32. The molecule has 0 atom stereocenters. The van der Waals surface area contributed by atoms with Crippen molar-refractivity contribution in [2.75, 3.05) is 24.2 Å². The topological polar surface area (TPSA) is 64.4 Å². The number of ether oxygens (including phenoxy) is 1. The van der Waals surface area contributed by atoms with Crippen LogP contribution in [0.3, 0.4) is 0 Å². The lowest BCUT2D eigenvalue weighted by atomic mass is 10.1. The van der Waals surface area contributed by atoms with Gasteiger partial charge in [-0.15, -0.1) is 0 Å². The lowest BCUT2D eigenvalue weighted by Gasteiger charge is -2.33. The summed E-state index contributed by atoms with van der Waals surface area (Å²) in [5.41, 5.74) is 0.973. The number of anilines is 1. The summed E-state index contributed by atoms with van der Waals surface area (Å²) >= 11 is 0. The van der Waals surface area contributed by atoms with Gasteiger partial charge in [0.2, 0.25) is 0 Å². The normalized spacial score (nSPS) is 15.4. The maximum atomic E-state index is 12.8. The third-order valence-electron chi connectivity index (χ3n) is 6.36. The highest BCUT2D eigenvalue weighted by molar-refractivity contribution is 7.90. The van der Waals surface area contributed by atoms with Gasteiger partial charge in [-0.2, -0.15) is 13.2 Å². The minimum Gasteiger partial charge on any atom is -0.489 e. The van der Waals surface area contributed by atoms with E-state index < -0.39 is 21.6 Å². The van der Waals surface area contributed by atoms with Crippen molar-refractivity contribution in [2.24, 2.45) is 0 Å². The fraction of sp³-hybridized carbons (Fsp3) is 0.269. The number of benzene rings is 2. The van der Waals surface area contributed by atoms with E-state index >= 15 is 0 Å². The van der Waals surface area contributed by atoms with Gasteiger partial charge in [0, 0.05) is 49.5 Å². The van der Waals surface area contributed by atoms with Crippen LogP contribution in [0.4, 0.5) is 18.9 Å². The Morgan fingerprint density at radius 1 is 0.972 bits per heavy atom. The van der Waals surface area contributed by atoms with Crippen LogP contribution in [0.2, 0.25) is 0 Å². The molecule has 10 heteroatoms. The summed E-state index contributed by atoms with van der Waals surface area (Å²) in [5, 5.41) is 0.805. The van der Waals surface area contributed by atoms with Crippen LogP contribution in [0, 0.1) is 0 Å². The standard InChI is InChI=1S/C26H24F3N3O3S/c1-36(33,34)23-7-8-24-18(16-23)10-15-32(24)25-9-6-22(17-30-25)35-21-11-13-31(14-12-21)20-4-2-19(3-5-20)26(27,28)29/h2-10,15-17,21H,11-14H2,1H3. The molecule has 0 unspecified atom stereocenters. The molecule has 0 aliphatic carbocycles. The highest BCUT2D eigenvalue weighted by Crippen LogP contribution is 2.31. The van der Waals surface area contributed by atoms with E-state index in [9.17, 15) is 21.6 Å². The Hall–Kier alpha value is -3.53. The van der Waals surface area contributed by atoms with E-state index in [1.165, 1.54) is 18.4 Å². The molecular weight excluding hydrogens is 491 g/mol. The van der Waals surface area contributed by atoms with E-state index in [-0.39, 0.29) is 11.0 Å². The number of aromatic nitrogens is 2. The van der Waals surface area contributed by atoms with Gasteiger partial charge in [-0.1, -0.05) is 0 Å². The number of sulfone groups is 1. The number of alkyl halides is 3. The lowest BCUT2D eigenvalue weighted by Crippen LogP contribution is -2.38. The Labute approximate surface area is 206 Å². The SMILES string of the molecule is CS(=O)(=O)c1ccc2c(ccn2-c2ccc(OC3CCN(c4ccc(C(F)(F)F)cc4)CC3)cn2)c1. The smallest absolute Gasteiger partial charge is 0.416 e. The van der Waals surface area contributed by atoms with Gasteiger partial charge >= 0.3 is 6.18 Å². The molecule has 5 rings (SSSR count). The summed E-state index contributed by atoms with van der Waals surface area (Å²) in [6, 6.07) is 15.8. The molecule has 0 amide bonds. The van der Waals surface area contributed by atoms with Gasteiger partial charge in [-0.25, -0.2) is 13.4 Å². The molecule has 1 saturated heterocycles. The molecule has 0 radical (unpaired) electrons. The van der Waals surface area contributed by atoms with Gasteiger partial charge in [-0.05, 0) is 60.7 Å². The maximum absolute atomic E-state index is 12.8. The summed E-state index contributed by atoms with van der Waals surface area (Å²) in [6.07, 6.45) is 1.83. The van der Waals surface area contributed by atoms with Crippen molar-refractivity contribution in [1.29, 1.82) is 0 Å². The number of halogens is 3. The second-order valence-corrected chi connectivity index (χ2v) is 10.9. The molecule has 0 spiro atoms. The molecular formula is C26H24F3N3O3S. The van der Waals surface area contributed by atoms with Crippen LogP contribution in [-0.4, -0.2) is 43.4 Å². The van der Waals surface area contributed by atoms with Gasteiger partial charge in [-0.3, -0.25) is 0 Å². The quantitative estimate of drug-likeness (QED) is 0.352. The van der Waals surface area contributed by atoms with Gasteiger partial charge in [0.05, 0.1) is 22.2 Å². The molecule has 0 N–H and O–H groups in total. The zero-order valence-corrected chi connectivity index (χ0v) is 20.3. The third kappa shape index (κ3) is 5.04. The minimum absolute atomic E-state index is 0.00910. The lowest BCUT2D eigenvalue weighted by molar-refractivity contribution is -0.137.